The molecule has 0 bridgehead atoms. The van der Waals surface area contributed by atoms with E-state index in [1.54, 1.807) is 23.3 Å². The molecule has 4 aromatic rings. The van der Waals surface area contributed by atoms with E-state index in [9.17, 15) is 4.79 Å². The zero-order chi connectivity index (χ0) is 18.8. The van der Waals surface area contributed by atoms with Crippen LogP contribution in [0, 0.1) is 0 Å². The third kappa shape index (κ3) is 3.64. The number of hydrogen-bond donors (Lipinski definition) is 0. The summed E-state index contributed by atoms with van der Waals surface area (Å²) < 4.78 is 11.1. The van der Waals surface area contributed by atoms with Crippen LogP contribution >= 0.6 is 11.3 Å². The minimum Gasteiger partial charge on any atom is -0.459 e. The smallest absolute Gasteiger partial charge is 0.227 e. The van der Waals surface area contributed by atoms with Gasteiger partial charge in [-0.05, 0) is 30.5 Å². The summed E-state index contributed by atoms with van der Waals surface area (Å²) in [5, 5.41) is 8.93. The Bertz CT molecular complexity index is 1020. The van der Waals surface area contributed by atoms with Gasteiger partial charge in [0.15, 0.2) is 0 Å². The van der Waals surface area contributed by atoms with Crippen molar-refractivity contribution in [2.45, 2.75) is 25.8 Å². The Morgan fingerprint density at radius 1 is 1.30 bits per heavy atom. The van der Waals surface area contributed by atoms with Crippen molar-refractivity contribution in [3.63, 3.8) is 0 Å². The molecule has 27 heavy (non-hydrogen) atoms. The fraction of sp³-hybridized carbons (Fsp3) is 0.250. The summed E-state index contributed by atoms with van der Waals surface area (Å²) in [7, 11) is 1.78. The maximum Gasteiger partial charge on any atom is 0.227 e. The first-order valence-electron chi connectivity index (χ1n) is 8.71. The first kappa shape index (κ1) is 17.5. The molecule has 0 spiro atoms. The average molecular weight is 381 g/mol. The van der Waals surface area contributed by atoms with Gasteiger partial charge in [-0.2, -0.15) is 16.3 Å². The van der Waals surface area contributed by atoms with Crippen LogP contribution in [0.2, 0.25) is 0 Å². The molecule has 1 amide bonds. The molecule has 3 aromatic heterocycles. The number of carbonyl (C=O) groups excluding carboxylic acids is 1. The molecule has 7 heteroatoms. The maximum atomic E-state index is 12.6. The second-order valence-electron chi connectivity index (χ2n) is 6.39. The molecule has 138 valence electrons. The zero-order valence-corrected chi connectivity index (χ0v) is 15.9. The number of furan rings is 1. The molecule has 1 atom stereocenters. The van der Waals surface area contributed by atoms with Gasteiger partial charge in [0.2, 0.25) is 17.6 Å². The van der Waals surface area contributed by atoms with Crippen molar-refractivity contribution in [1.82, 2.24) is 15.0 Å². The van der Waals surface area contributed by atoms with E-state index >= 15 is 0 Å². The maximum absolute atomic E-state index is 12.6. The number of rotatable bonds is 6. The number of carbonyl (C=O) groups is 1. The Morgan fingerprint density at radius 3 is 2.93 bits per heavy atom. The Hall–Kier alpha value is -2.93. The van der Waals surface area contributed by atoms with E-state index in [4.69, 9.17) is 8.94 Å². The quantitative estimate of drug-likeness (QED) is 0.484. The van der Waals surface area contributed by atoms with Gasteiger partial charge in [0.05, 0.1) is 6.04 Å². The Kier molecular flexibility index (Phi) is 4.77. The van der Waals surface area contributed by atoms with Crippen molar-refractivity contribution in [3.8, 4) is 11.4 Å². The van der Waals surface area contributed by atoms with Gasteiger partial charge >= 0.3 is 0 Å². The van der Waals surface area contributed by atoms with Crippen LogP contribution in [0.1, 0.15) is 31.0 Å². The summed E-state index contributed by atoms with van der Waals surface area (Å²) in [6.45, 7) is 1.96. The molecule has 1 unspecified atom stereocenters. The van der Waals surface area contributed by atoms with Crippen molar-refractivity contribution in [3.05, 3.63) is 58.8 Å². The number of nitrogens with zero attached hydrogens (tertiary/aromatic N) is 3. The Labute approximate surface area is 160 Å². The number of aryl methyl sites for hydroxylation is 1. The van der Waals surface area contributed by atoms with Gasteiger partial charge in [0.25, 0.3) is 0 Å². The minimum absolute atomic E-state index is 0.00163. The minimum atomic E-state index is -0.158. The van der Waals surface area contributed by atoms with Crippen LogP contribution in [0.3, 0.4) is 0 Å². The van der Waals surface area contributed by atoms with Crippen molar-refractivity contribution in [2.24, 2.45) is 0 Å². The van der Waals surface area contributed by atoms with E-state index in [2.05, 4.69) is 10.1 Å². The van der Waals surface area contributed by atoms with Crippen molar-refractivity contribution < 1.29 is 13.7 Å². The van der Waals surface area contributed by atoms with E-state index in [-0.39, 0.29) is 11.9 Å². The fourth-order valence-corrected chi connectivity index (χ4v) is 3.51. The number of benzene rings is 1. The molecule has 0 saturated heterocycles. The fourth-order valence-electron chi connectivity index (χ4n) is 2.87. The van der Waals surface area contributed by atoms with Crippen LogP contribution in [-0.4, -0.2) is 28.0 Å². The summed E-state index contributed by atoms with van der Waals surface area (Å²) in [5.41, 5.74) is 1.75. The van der Waals surface area contributed by atoms with Crippen LogP contribution in [0.5, 0.6) is 0 Å². The van der Waals surface area contributed by atoms with Crippen molar-refractivity contribution in [2.75, 3.05) is 7.05 Å². The third-order valence-electron chi connectivity index (χ3n) is 4.63. The normalized spacial score (nSPS) is 12.4. The lowest BCUT2D eigenvalue weighted by atomic mass is 10.2. The molecule has 0 aliphatic rings. The average Bonchev–Trinajstić information content (AvgIpc) is 3.44. The molecule has 0 aliphatic heterocycles. The van der Waals surface area contributed by atoms with Crippen molar-refractivity contribution in [1.29, 1.82) is 0 Å². The van der Waals surface area contributed by atoms with Crippen LogP contribution in [0.25, 0.3) is 22.4 Å². The van der Waals surface area contributed by atoms with Gasteiger partial charge in [0, 0.05) is 36.2 Å². The summed E-state index contributed by atoms with van der Waals surface area (Å²) in [4.78, 5) is 18.6. The van der Waals surface area contributed by atoms with Gasteiger partial charge in [-0.15, -0.1) is 0 Å². The highest BCUT2D eigenvalue weighted by atomic mass is 32.1. The second-order valence-corrected chi connectivity index (χ2v) is 7.17. The van der Waals surface area contributed by atoms with Gasteiger partial charge < -0.3 is 13.8 Å². The molecule has 0 fully saturated rings. The van der Waals surface area contributed by atoms with Crippen LogP contribution in [-0.2, 0) is 11.2 Å². The zero-order valence-electron chi connectivity index (χ0n) is 15.1. The summed E-state index contributed by atoms with van der Waals surface area (Å²) in [5.74, 6) is 1.79. The lowest BCUT2D eigenvalue weighted by molar-refractivity contribution is -0.132. The topological polar surface area (TPSA) is 72.4 Å². The van der Waals surface area contributed by atoms with Crippen LogP contribution < -0.4 is 0 Å². The predicted octanol–water partition coefficient (Wildman–Crippen LogP) is 4.70. The lowest BCUT2D eigenvalue weighted by Gasteiger charge is -2.23. The van der Waals surface area contributed by atoms with Gasteiger partial charge in [0.1, 0.15) is 11.3 Å². The van der Waals surface area contributed by atoms with Crippen molar-refractivity contribution >= 4 is 28.2 Å². The van der Waals surface area contributed by atoms with Gasteiger partial charge in [-0.3, -0.25) is 4.79 Å². The SMILES string of the molecule is CC(c1cc2ccccc2o1)N(C)C(=O)CCc1nc(-c2ccsc2)no1. The summed E-state index contributed by atoms with van der Waals surface area (Å²) in [6.07, 6.45) is 0.708. The van der Waals surface area contributed by atoms with E-state index in [0.29, 0.717) is 24.6 Å². The molecule has 4 rings (SSSR count). The Morgan fingerprint density at radius 2 is 2.15 bits per heavy atom. The van der Waals surface area contributed by atoms with Crippen LogP contribution in [0.4, 0.5) is 0 Å². The second kappa shape index (κ2) is 7.36. The highest BCUT2D eigenvalue weighted by Crippen LogP contribution is 2.27. The monoisotopic (exact) mass is 381 g/mol. The number of amides is 1. The standard InChI is InChI=1S/C20H19N3O3S/c1-13(17-11-14-5-3-4-6-16(14)25-17)23(2)19(24)8-7-18-21-20(22-26-18)15-9-10-27-12-15/h3-6,9-13H,7-8H2,1-2H3. The highest BCUT2D eigenvalue weighted by molar-refractivity contribution is 7.08. The number of aromatic nitrogens is 2. The van der Waals surface area contributed by atoms with E-state index in [0.717, 1.165) is 22.3 Å². The number of fused-ring (bicyclic) bond motifs is 1. The number of thiophene rings is 1. The number of hydrogen-bond acceptors (Lipinski definition) is 6. The molecule has 0 radical (unpaired) electrons. The first-order chi connectivity index (χ1) is 13.1. The molecular formula is C20H19N3O3S. The molecule has 1 aromatic carbocycles. The molecule has 0 saturated carbocycles. The van der Waals surface area contributed by atoms with E-state index < -0.39 is 0 Å². The third-order valence-corrected chi connectivity index (χ3v) is 5.31. The highest BCUT2D eigenvalue weighted by Gasteiger charge is 2.21. The van der Waals surface area contributed by atoms with Gasteiger partial charge in [-0.25, -0.2) is 0 Å². The lowest BCUT2D eigenvalue weighted by Crippen LogP contribution is -2.29. The van der Waals surface area contributed by atoms with E-state index in [1.165, 1.54) is 0 Å². The summed E-state index contributed by atoms with van der Waals surface area (Å²) in [6, 6.07) is 11.6. The first-order valence-corrected chi connectivity index (χ1v) is 9.65. The summed E-state index contributed by atoms with van der Waals surface area (Å²) >= 11 is 1.58. The molecule has 0 N–H and O–H groups in total. The van der Waals surface area contributed by atoms with Crippen LogP contribution in [0.15, 0.2) is 56.1 Å². The molecule has 3 heterocycles. The van der Waals surface area contributed by atoms with Gasteiger partial charge in [-0.1, -0.05) is 23.4 Å². The predicted molar refractivity (Wildman–Crippen MR) is 103 cm³/mol. The Balaban J connectivity index is 1.38. The van der Waals surface area contributed by atoms with E-state index in [1.807, 2.05) is 54.1 Å². The molecule has 0 aliphatic carbocycles. The molecule has 6 nitrogen and oxygen atoms in total. The molecular weight excluding hydrogens is 362 g/mol. The number of para-hydroxylation sites is 1. The largest absolute Gasteiger partial charge is 0.459 e.